The second kappa shape index (κ2) is 5.29. The molecule has 0 fully saturated rings. The third kappa shape index (κ3) is 2.91. The van der Waals surface area contributed by atoms with Crippen LogP contribution in [0, 0.1) is 0 Å². The normalized spacial score (nSPS) is 13.6. The van der Waals surface area contributed by atoms with Gasteiger partial charge in [-0.3, -0.25) is 0 Å². The molecule has 0 bridgehead atoms. The van der Waals surface area contributed by atoms with Gasteiger partial charge in [0.05, 0.1) is 6.20 Å². The Morgan fingerprint density at radius 3 is 2.07 bits per heavy atom. The zero-order valence-electron chi connectivity index (χ0n) is 8.60. The molecule has 0 unspecified atom stereocenters. The highest BCUT2D eigenvalue weighted by molar-refractivity contribution is 5.28. The highest BCUT2D eigenvalue weighted by atomic mass is 16.5. The van der Waals surface area contributed by atoms with Crippen molar-refractivity contribution in [3.8, 4) is 0 Å². The standard InChI is InChI=1S/C10H12.C2H2N2O/c1-2-6-10-8-4-3-7-9(10)5-1;1-2-5-4-3-1/h1-2,5-6H,3-4,7-8H2;1-2H. The highest BCUT2D eigenvalue weighted by Crippen LogP contribution is 2.19. The van der Waals surface area contributed by atoms with Crippen molar-refractivity contribution >= 4 is 0 Å². The fraction of sp³-hybridized carbons (Fsp3) is 0.333. The van der Waals surface area contributed by atoms with Crippen LogP contribution in [0.3, 0.4) is 0 Å². The monoisotopic (exact) mass is 202 g/mol. The quantitative estimate of drug-likeness (QED) is 0.659. The first-order valence-corrected chi connectivity index (χ1v) is 5.24. The van der Waals surface area contributed by atoms with Gasteiger partial charge in [-0.2, -0.15) is 0 Å². The first-order valence-electron chi connectivity index (χ1n) is 5.24. The first-order chi connectivity index (χ1) is 7.47. The van der Waals surface area contributed by atoms with Gasteiger partial charge in [0.25, 0.3) is 0 Å². The van der Waals surface area contributed by atoms with E-state index in [1.165, 1.54) is 38.1 Å². The summed E-state index contributed by atoms with van der Waals surface area (Å²) in [6, 6.07) is 8.80. The molecule has 1 aliphatic rings. The lowest BCUT2D eigenvalue weighted by Crippen LogP contribution is -2.00. The van der Waals surface area contributed by atoms with Crippen molar-refractivity contribution in [3.05, 3.63) is 47.9 Å². The number of benzene rings is 1. The molecule has 0 radical (unpaired) electrons. The van der Waals surface area contributed by atoms with Gasteiger partial charge in [-0.25, -0.2) is 0 Å². The Labute approximate surface area is 89.1 Å². The summed E-state index contributed by atoms with van der Waals surface area (Å²) in [7, 11) is 0. The minimum absolute atomic E-state index is 1.30. The maximum absolute atomic E-state index is 4.22. The number of aromatic nitrogens is 2. The summed E-state index contributed by atoms with van der Waals surface area (Å²) < 4.78 is 4.22. The molecule has 15 heavy (non-hydrogen) atoms. The molecule has 78 valence electrons. The van der Waals surface area contributed by atoms with Crippen molar-refractivity contribution in [1.29, 1.82) is 0 Å². The molecule has 1 heterocycles. The molecule has 0 atom stereocenters. The molecule has 0 N–H and O–H groups in total. The average molecular weight is 202 g/mol. The Morgan fingerprint density at radius 1 is 1.00 bits per heavy atom. The van der Waals surface area contributed by atoms with Crippen LogP contribution >= 0.6 is 0 Å². The van der Waals surface area contributed by atoms with Gasteiger partial charge in [-0.05, 0) is 36.8 Å². The highest BCUT2D eigenvalue weighted by Gasteiger charge is 2.05. The maximum atomic E-state index is 4.22. The summed E-state index contributed by atoms with van der Waals surface area (Å²) in [4.78, 5) is 0. The van der Waals surface area contributed by atoms with Gasteiger partial charge in [0.15, 0.2) is 0 Å². The summed E-state index contributed by atoms with van der Waals surface area (Å²) in [6.45, 7) is 0. The molecule has 1 aromatic heterocycles. The van der Waals surface area contributed by atoms with Gasteiger partial charge in [0.2, 0.25) is 0 Å². The molecule has 0 aliphatic heterocycles. The van der Waals surface area contributed by atoms with Crippen molar-refractivity contribution in [2.75, 3.05) is 0 Å². The lowest BCUT2D eigenvalue weighted by Gasteiger charge is -2.13. The van der Waals surface area contributed by atoms with Crippen molar-refractivity contribution in [3.63, 3.8) is 0 Å². The Morgan fingerprint density at radius 2 is 1.67 bits per heavy atom. The Kier molecular flexibility index (Phi) is 3.49. The summed E-state index contributed by atoms with van der Waals surface area (Å²) in [5.74, 6) is 0. The van der Waals surface area contributed by atoms with Gasteiger partial charge in [-0.1, -0.05) is 24.3 Å². The van der Waals surface area contributed by atoms with Crippen LogP contribution in [-0.2, 0) is 12.8 Å². The fourth-order valence-electron chi connectivity index (χ4n) is 1.81. The predicted molar refractivity (Wildman–Crippen MR) is 57.4 cm³/mol. The fourth-order valence-corrected chi connectivity index (χ4v) is 1.81. The van der Waals surface area contributed by atoms with E-state index in [0.29, 0.717) is 0 Å². The number of hydrogen-bond donors (Lipinski definition) is 0. The van der Waals surface area contributed by atoms with E-state index in [9.17, 15) is 0 Å². The van der Waals surface area contributed by atoms with Crippen molar-refractivity contribution in [1.82, 2.24) is 10.4 Å². The average Bonchev–Trinajstić information content (AvgIpc) is 2.88. The van der Waals surface area contributed by atoms with Gasteiger partial charge in [0.1, 0.15) is 6.26 Å². The van der Waals surface area contributed by atoms with Gasteiger partial charge in [0, 0.05) is 5.27 Å². The minimum Gasteiger partial charge on any atom is -0.346 e. The van der Waals surface area contributed by atoms with Crippen LogP contribution in [0.2, 0.25) is 0 Å². The van der Waals surface area contributed by atoms with Crippen LogP contribution in [0.15, 0.2) is 41.2 Å². The first kappa shape index (κ1) is 9.90. The van der Waals surface area contributed by atoms with E-state index in [-0.39, 0.29) is 0 Å². The molecule has 3 rings (SSSR count). The lowest BCUT2D eigenvalue weighted by molar-refractivity contribution is 0.393. The van der Waals surface area contributed by atoms with Gasteiger partial charge in [-0.15, -0.1) is 5.10 Å². The molecule has 1 aliphatic carbocycles. The van der Waals surface area contributed by atoms with E-state index in [0.717, 1.165) is 0 Å². The zero-order valence-corrected chi connectivity index (χ0v) is 8.60. The number of fused-ring (bicyclic) bond motifs is 1. The van der Waals surface area contributed by atoms with Gasteiger partial charge >= 0.3 is 0 Å². The van der Waals surface area contributed by atoms with E-state index < -0.39 is 0 Å². The molecule has 0 spiro atoms. The van der Waals surface area contributed by atoms with E-state index in [1.54, 1.807) is 11.1 Å². The lowest BCUT2D eigenvalue weighted by atomic mass is 9.92. The van der Waals surface area contributed by atoms with Crippen LogP contribution in [0.1, 0.15) is 24.0 Å². The van der Waals surface area contributed by atoms with E-state index >= 15 is 0 Å². The second-order valence-corrected chi connectivity index (χ2v) is 3.56. The van der Waals surface area contributed by atoms with Crippen LogP contribution in [0.4, 0.5) is 0 Å². The summed E-state index contributed by atoms with van der Waals surface area (Å²) in [5, 5.41) is 6.40. The number of hydrogen-bond acceptors (Lipinski definition) is 3. The summed E-state index contributed by atoms with van der Waals surface area (Å²) in [5.41, 5.74) is 3.16. The summed E-state index contributed by atoms with van der Waals surface area (Å²) >= 11 is 0. The predicted octanol–water partition coefficient (Wildman–Crippen LogP) is 2.64. The Bertz CT molecular complexity index is 342. The zero-order chi connectivity index (χ0) is 10.3. The Hall–Kier alpha value is -1.64. The van der Waals surface area contributed by atoms with Crippen molar-refractivity contribution in [2.45, 2.75) is 25.7 Å². The largest absolute Gasteiger partial charge is 0.346 e. The maximum Gasteiger partial charge on any atom is 0.144 e. The molecule has 3 nitrogen and oxygen atoms in total. The molecule has 3 heteroatoms. The third-order valence-electron chi connectivity index (χ3n) is 2.54. The topological polar surface area (TPSA) is 38.9 Å². The Balaban J connectivity index is 0.000000144. The third-order valence-corrected chi connectivity index (χ3v) is 2.54. The minimum atomic E-state index is 1.30. The van der Waals surface area contributed by atoms with Crippen LogP contribution < -0.4 is 0 Å². The molecular formula is C12H14N2O. The van der Waals surface area contributed by atoms with E-state index in [2.05, 4.69) is 39.2 Å². The number of nitrogens with zero attached hydrogens (tertiary/aromatic N) is 2. The summed E-state index contributed by atoms with van der Waals surface area (Å²) in [6.07, 6.45) is 8.25. The molecule has 2 aromatic rings. The SMILES string of the molecule is c1ccc2c(c1)CCCC2.c1conn1. The number of rotatable bonds is 0. The van der Waals surface area contributed by atoms with Crippen LogP contribution in [0.25, 0.3) is 0 Å². The van der Waals surface area contributed by atoms with E-state index in [4.69, 9.17) is 0 Å². The molecular weight excluding hydrogens is 188 g/mol. The molecule has 0 amide bonds. The number of aryl methyl sites for hydroxylation is 2. The van der Waals surface area contributed by atoms with Crippen LogP contribution in [0.5, 0.6) is 0 Å². The van der Waals surface area contributed by atoms with Gasteiger partial charge < -0.3 is 4.52 Å². The molecule has 0 saturated carbocycles. The smallest absolute Gasteiger partial charge is 0.144 e. The second-order valence-electron chi connectivity index (χ2n) is 3.56. The van der Waals surface area contributed by atoms with Crippen LogP contribution in [-0.4, -0.2) is 10.4 Å². The van der Waals surface area contributed by atoms with Crippen molar-refractivity contribution in [2.24, 2.45) is 0 Å². The van der Waals surface area contributed by atoms with Crippen molar-refractivity contribution < 1.29 is 4.52 Å². The molecule has 1 aromatic carbocycles. The molecule has 0 saturated heterocycles. The van der Waals surface area contributed by atoms with E-state index in [1.807, 2.05) is 0 Å².